The highest BCUT2D eigenvalue weighted by molar-refractivity contribution is 5.00. The molecule has 1 aliphatic heterocycles. The monoisotopic (exact) mass is 318 g/mol. The fourth-order valence-corrected chi connectivity index (χ4v) is 3.10. The summed E-state index contributed by atoms with van der Waals surface area (Å²) >= 11 is 0. The molecule has 8 nitrogen and oxygen atoms in total. The largest absolute Gasteiger partial charge is 0.315 e. The van der Waals surface area contributed by atoms with E-state index in [-0.39, 0.29) is 0 Å². The molecule has 1 atom stereocenters. The topological polar surface area (TPSA) is 86.3 Å². The normalized spacial score (nSPS) is 17.4. The first kappa shape index (κ1) is 16.0. The zero-order valence-corrected chi connectivity index (χ0v) is 14.1. The zero-order valence-electron chi connectivity index (χ0n) is 14.1. The predicted molar refractivity (Wildman–Crippen MR) is 85.6 cm³/mol. The molecule has 0 amide bonds. The lowest BCUT2D eigenvalue weighted by molar-refractivity contribution is 0.340. The quantitative estimate of drug-likeness (QED) is 0.781. The summed E-state index contributed by atoms with van der Waals surface area (Å²) in [5.41, 5.74) is 0. The van der Waals surface area contributed by atoms with E-state index in [9.17, 15) is 0 Å². The third-order valence-electron chi connectivity index (χ3n) is 4.48. The van der Waals surface area contributed by atoms with Crippen LogP contribution in [0.3, 0.4) is 0 Å². The van der Waals surface area contributed by atoms with Crippen LogP contribution in [0.25, 0.3) is 0 Å². The van der Waals surface area contributed by atoms with Crippen LogP contribution in [-0.2, 0) is 32.5 Å². The van der Waals surface area contributed by atoms with E-state index < -0.39 is 0 Å². The highest BCUT2D eigenvalue weighted by Gasteiger charge is 2.22. The van der Waals surface area contributed by atoms with Gasteiger partial charge in [0.1, 0.15) is 11.6 Å². The van der Waals surface area contributed by atoms with E-state index in [0.29, 0.717) is 5.92 Å². The van der Waals surface area contributed by atoms with Crippen LogP contribution in [0.2, 0.25) is 0 Å². The van der Waals surface area contributed by atoms with Crippen molar-refractivity contribution >= 4 is 0 Å². The Kier molecular flexibility index (Phi) is 5.32. The van der Waals surface area contributed by atoms with Crippen LogP contribution in [0.1, 0.15) is 50.6 Å². The molecule has 23 heavy (non-hydrogen) atoms. The molecule has 0 saturated carbocycles. The third kappa shape index (κ3) is 3.74. The van der Waals surface area contributed by atoms with Crippen LogP contribution in [-0.4, -0.2) is 41.5 Å². The van der Waals surface area contributed by atoms with Gasteiger partial charge in [-0.05, 0) is 29.2 Å². The van der Waals surface area contributed by atoms with Gasteiger partial charge in [-0.3, -0.25) is 0 Å². The van der Waals surface area contributed by atoms with Crippen LogP contribution in [0, 0.1) is 5.92 Å². The molecule has 1 unspecified atom stereocenters. The number of unbranched alkanes of at least 4 members (excludes halogenated alkanes) is 1. The molecular formula is C15H26N8. The summed E-state index contributed by atoms with van der Waals surface area (Å²) in [5, 5.41) is 24.0. The van der Waals surface area contributed by atoms with Crippen LogP contribution in [0.5, 0.6) is 0 Å². The first-order valence-corrected chi connectivity index (χ1v) is 8.68. The maximum atomic E-state index is 4.29. The number of hydrogen-bond acceptors (Lipinski definition) is 6. The van der Waals surface area contributed by atoms with Crippen molar-refractivity contribution in [2.45, 2.75) is 65.6 Å². The minimum absolute atomic E-state index is 0.615. The van der Waals surface area contributed by atoms with Crippen molar-refractivity contribution in [1.29, 1.82) is 0 Å². The molecule has 1 N–H and O–H groups in total. The van der Waals surface area contributed by atoms with Crippen molar-refractivity contribution in [2.75, 3.05) is 6.54 Å². The number of rotatable bonds is 8. The van der Waals surface area contributed by atoms with Crippen LogP contribution >= 0.6 is 0 Å². The molecule has 0 saturated heterocycles. The van der Waals surface area contributed by atoms with Gasteiger partial charge in [0.05, 0.1) is 6.54 Å². The van der Waals surface area contributed by atoms with E-state index in [4.69, 9.17) is 0 Å². The fraction of sp³-hybridized carbons (Fsp3) is 0.800. The highest BCUT2D eigenvalue weighted by Crippen LogP contribution is 2.19. The Morgan fingerprint density at radius 2 is 2.09 bits per heavy atom. The molecule has 0 bridgehead atoms. The van der Waals surface area contributed by atoms with Gasteiger partial charge >= 0.3 is 0 Å². The summed E-state index contributed by atoms with van der Waals surface area (Å²) in [6, 6.07) is 0. The summed E-state index contributed by atoms with van der Waals surface area (Å²) in [6.07, 6.45) is 5.38. The Balaban J connectivity index is 1.49. The van der Waals surface area contributed by atoms with Crippen molar-refractivity contribution in [3.8, 4) is 0 Å². The lowest BCUT2D eigenvalue weighted by Crippen LogP contribution is -2.31. The van der Waals surface area contributed by atoms with Crippen molar-refractivity contribution in [1.82, 2.24) is 40.3 Å². The molecule has 0 aliphatic carbocycles. The molecular weight excluding hydrogens is 292 g/mol. The maximum absolute atomic E-state index is 4.29. The Labute approximate surface area is 136 Å². The van der Waals surface area contributed by atoms with Gasteiger partial charge < -0.3 is 9.88 Å². The lowest BCUT2D eigenvalue weighted by atomic mass is 9.99. The maximum Gasteiger partial charge on any atom is 0.165 e. The number of aryl methyl sites for hydroxylation is 3. The Bertz CT molecular complexity index is 603. The summed E-state index contributed by atoms with van der Waals surface area (Å²) in [6.45, 7) is 7.92. The van der Waals surface area contributed by atoms with Gasteiger partial charge in [-0.25, -0.2) is 4.68 Å². The first-order chi connectivity index (χ1) is 11.3. The summed E-state index contributed by atoms with van der Waals surface area (Å²) in [7, 11) is 0. The second-order valence-electron chi connectivity index (χ2n) is 6.20. The van der Waals surface area contributed by atoms with Gasteiger partial charge in [-0.2, -0.15) is 0 Å². The molecule has 0 radical (unpaired) electrons. The summed E-state index contributed by atoms with van der Waals surface area (Å²) in [4.78, 5) is 0. The van der Waals surface area contributed by atoms with Crippen LogP contribution in [0.4, 0.5) is 0 Å². The van der Waals surface area contributed by atoms with Crippen molar-refractivity contribution in [3.63, 3.8) is 0 Å². The van der Waals surface area contributed by atoms with Gasteiger partial charge in [0.15, 0.2) is 5.82 Å². The Morgan fingerprint density at radius 1 is 1.17 bits per heavy atom. The van der Waals surface area contributed by atoms with Crippen LogP contribution in [0.15, 0.2) is 0 Å². The molecule has 1 aliphatic rings. The van der Waals surface area contributed by atoms with Gasteiger partial charge in [0.25, 0.3) is 0 Å². The van der Waals surface area contributed by atoms with Crippen molar-refractivity contribution < 1.29 is 0 Å². The fourth-order valence-electron chi connectivity index (χ4n) is 3.10. The van der Waals surface area contributed by atoms with Gasteiger partial charge in [-0.1, -0.05) is 20.3 Å². The Hall–Kier alpha value is -1.83. The predicted octanol–water partition coefficient (Wildman–Crippen LogP) is 0.979. The minimum Gasteiger partial charge on any atom is -0.315 e. The summed E-state index contributed by atoms with van der Waals surface area (Å²) < 4.78 is 4.20. The second-order valence-corrected chi connectivity index (χ2v) is 6.20. The molecule has 2 aromatic rings. The molecule has 0 spiro atoms. The third-order valence-corrected chi connectivity index (χ3v) is 4.48. The smallest absolute Gasteiger partial charge is 0.165 e. The standard InChI is InChI=1S/C15H26N8/c1-3-5-8-23-15(19-20-21-23)10-16-9-12-6-7-14-18-17-13(4-2)22(14)11-12/h12,16H,3-11H2,1-2H3. The van der Waals surface area contributed by atoms with E-state index in [0.717, 1.165) is 75.8 Å². The average molecular weight is 318 g/mol. The molecule has 0 aromatic carbocycles. The molecule has 3 rings (SSSR count). The van der Waals surface area contributed by atoms with E-state index in [1.54, 1.807) is 0 Å². The van der Waals surface area contributed by atoms with Gasteiger partial charge in [-0.15, -0.1) is 15.3 Å². The number of nitrogens with one attached hydrogen (secondary N) is 1. The lowest BCUT2D eigenvalue weighted by Gasteiger charge is -2.24. The number of nitrogens with zero attached hydrogens (tertiary/aromatic N) is 7. The molecule has 2 aromatic heterocycles. The first-order valence-electron chi connectivity index (χ1n) is 8.68. The minimum atomic E-state index is 0.615. The number of fused-ring (bicyclic) bond motifs is 1. The van der Waals surface area contributed by atoms with E-state index in [1.807, 2.05) is 4.68 Å². The van der Waals surface area contributed by atoms with E-state index in [1.165, 1.54) is 0 Å². The number of aromatic nitrogens is 7. The molecule has 0 fully saturated rings. The van der Waals surface area contributed by atoms with Crippen molar-refractivity contribution in [3.05, 3.63) is 17.5 Å². The van der Waals surface area contributed by atoms with E-state index >= 15 is 0 Å². The molecule has 126 valence electrons. The average Bonchev–Trinajstić information content (AvgIpc) is 3.19. The highest BCUT2D eigenvalue weighted by atomic mass is 15.5. The molecule has 8 heteroatoms. The summed E-state index contributed by atoms with van der Waals surface area (Å²) in [5.74, 6) is 3.78. The van der Waals surface area contributed by atoms with Crippen LogP contribution < -0.4 is 5.32 Å². The van der Waals surface area contributed by atoms with Gasteiger partial charge in [0, 0.05) is 32.5 Å². The van der Waals surface area contributed by atoms with Crippen molar-refractivity contribution in [2.24, 2.45) is 5.92 Å². The number of tetrazole rings is 1. The zero-order chi connectivity index (χ0) is 16.1. The second kappa shape index (κ2) is 7.63. The number of hydrogen-bond donors (Lipinski definition) is 1. The Morgan fingerprint density at radius 3 is 2.91 bits per heavy atom. The van der Waals surface area contributed by atoms with E-state index in [2.05, 4.69) is 49.5 Å². The van der Waals surface area contributed by atoms with Gasteiger partial charge in [0.2, 0.25) is 0 Å². The molecule has 3 heterocycles. The SMILES string of the molecule is CCCCn1nnnc1CNCC1CCc2nnc(CC)n2C1.